The topological polar surface area (TPSA) is 59.8 Å². The van der Waals surface area contributed by atoms with Gasteiger partial charge in [-0.15, -0.1) is 0 Å². The van der Waals surface area contributed by atoms with Crippen LogP contribution in [0.2, 0.25) is 0 Å². The molecule has 2 heterocycles. The third kappa shape index (κ3) is 2.50. The van der Waals surface area contributed by atoms with E-state index in [0.717, 1.165) is 5.69 Å². The molecule has 0 aliphatic heterocycles. The lowest BCUT2D eigenvalue weighted by Gasteiger charge is -2.05. The fourth-order valence-corrected chi connectivity index (χ4v) is 1.60. The summed E-state index contributed by atoms with van der Waals surface area (Å²) in [6.45, 7) is 4.49. The van der Waals surface area contributed by atoms with Gasteiger partial charge in [0.1, 0.15) is 5.69 Å². The number of nitrogens with zero attached hydrogens (tertiary/aromatic N) is 3. The van der Waals surface area contributed by atoms with Crippen molar-refractivity contribution in [3.05, 3.63) is 42.0 Å². The van der Waals surface area contributed by atoms with Crippen molar-refractivity contribution in [3.63, 3.8) is 0 Å². The van der Waals surface area contributed by atoms with Gasteiger partial charge in [-0.25, -0.2) is 0 Å². The number of aromatic nitrogens is 3. The number of carbonyl (C=O) groups is 1. The molecule has 0 spiro atoms. The van der Waals surface area contributed by atoms with Gasteiger partial charge in [0.25, 0.3) is 5.91 Å². The molecule has 0 bridgehead atoms. The van der Waals surface area contributed by atoms with Crippen molar-refractivity contribution < 1.29 is 4.79 Å². The molecule has 88 valence electrons. The van der Waals surface area contributed by atoms with Crippen LogP contribution in [0.5, 0.6) is 0 Å². The molecule has 0 radical (unpaired) electrons. The highest BCUT2D eigenvalue weighted by molar-refractivity contribution is 6.03. The largest absolute Gasteiger partial charge is 0.319 e. The number of anilines is 1. The SMILES string of the molecule is CCn1nc(C)cc1C(=O)Nc1cccnc1. The van der Waals surface area contributed by atoms with Crippen LogP contribution in [0.15, 0.2) is 30.6 Å². The first-order chi connectivity index (χ1) is 8.20. The van der Waals surface area contributed by atoms with Crippen molar-refractivity contribution in [1.82, 2.24) is 14.8 Å². The molecule has 0 aliphatic rings. The Labute approximate surface area is 99.5 Å². The Morgan fingerprint density at radius 2 is 2.35 bits per heavy atom. The molecule has 17 heavy (non-hydrogen) atoms. The second-order valence-electron chi connectivity index (χ2n) is 3.68. The molecule has 2 aromatic rings. The first-order valence-electron chi connectivity index (χ1n) is 5.46. The number of hydrogen-bond acceptors (Lipinski definition) is 3. The lowest BCUT2D eigenvalue weighted by molar-refractivity contribution is 0.101. The highest BCUT2D eigenvalue weighted by Crippen LogP contribution is 2.08. The summed E-state index contributed by atoms with van der Waals surface area (Å²) in [6, 6.07) is 5.34. The lowest BCUT2D eigenvalue weighted by atomic mass is 10.3. The quantitative estimate of drug-likeness (QED) is 0.875. The van der Waals surface area contributed by atoms with Gasteiger partial charge in [0.2, 0.25) is 0 Å². The molecule has 0 saturated heterocycles. The molecular weight excluding hydrogens is 216 g/mol. The van der Waals surface area contributed by atoms with Crippen molar-refractivity contribution in [2.45, 2.75) is 20.4 Å². The smallest absolute Gasteiger partial charge is 0.273 e. The molecule has 0 aromatic carbocycles. The summed E-state index contributed by atoms with van der Waals surface area (Å²) in [6.07, 6.45) is 3.27. The number of hydrogen-bond donors (Lipinski definition) is 1. The Kier molecular flexibility index (Phi) is 3.18. The van der Waals surface area contributed by atoms with Gasteiger partial charge in [-0.3, -0.25) is 14.5 Å². The van der Waals surface area contributed by atoms with Crippen molar-refractivity contribution >= 4 is 11.6 Å². The Morgan fingerprint density at radius 3 is 3.00 bits per heavy atom. The number of amides is 1. The maximum Gasteiger partial charge on any atom is 0.273 e. The molecule has 2 aromatic heterocycles. The van der Waals surface area contributed by atoms with Gasteiger partial charge in [0.15, 0.2) is 0 Å². The second kappa shape index (κ2) is 4.78. The Balaban J connectivity index is 2.20. The molecule has 1 amide bonds. The number of pyridine rings is 1. The van der Waals surface area contributed by atoms with Crippen molar-refractivity contribution in [2.75, 3.05) is 5.32 Å². The maximum absolute atomic E-state index is 12.0. The fourth-order valence-electron chi connectivity index (χ4n) is 1.60. The number of carbonyl (C=O) groups excluding carboxylic acids is 1. The van der Waals surface area contributed by atoms with Gasteiger partial charge in [-0.05, 0) is 32.0 Å². The predicted molar refractivity (Wildman–Crippen MR) is 64.8 cm³/mol. The first kappa shape index (κ1) is 11.3. The average Bonchev–Trinajstić information content (AvgIpc) is 2.72. The predicted octanol–water partition coefficient (Wildman–Crippen LogP) is 1.86. The molecule has 2 rings (SSSR count). The van der Waals surface area contributed by atoms with Crippen molar-refractivity contribution in [3.8, 4) is 0 Å². The summed E-state index contributed by atoms with van der Waals surface area (Å²) in [4.78, 5) is 15.9. The molecule has 0 aliphatic carbocycles. The Bertz CT molecular complexity index is 519. The van der Waals surface area contributed by atoms with Crippen molar-refractivity contribution in [1.29, 1.82) is 0 Å². The van der Waals surface area contributed by atoms with Crippen LogP contribution >= 0.6 is 0 Å². The number of nitrogens with one attached hydrogen (secondary N) is 1. The number of aryl methyl sites for hydroxylation is 2. The summed E-state index contributed by atoms with van der Waals surface area (Å²) in [5.41, 5.74) is 2.08. The normalized spacial score (nSPS) is 10.2. The van der Waals surface area contributed by atoms with Crippen LogP contribution < -0.4 is 5.32 Å². The van der Waals surface area contributed by atoms with E-state index in [1.165, 1.54) is 0 Å². The van der Waals surface area contributed by atoms with Crippen LogP contribution in [0, 0.1) is 6.92 Å². The van der Waals surface area contributed by atoms with Crippen molar-refractivity contribution in [2.24, 2.45) is 0 Å². The summed E-state index contributed by atoms with van der Waals surface area (Å²) < 4.78 is 1.68. The minimum absolute atomic E-state index is 0.166. The summed E-state index contributed by atoms with van der Waals surface area (Å²) in [5, 5.41) is 7.02. The third-order valence-corrected chi connectivity index (χ3v) is 2.35. The van der Waals surface area contributed by atoms with E-state index < -0.39 is 0 Å². The minimum atomic E-state index is -0.166. The van der Waals surface area contributed by atoms with Crippen LogP contribution in [-0.2, 0) is 6.54 Å². The summed E-state index contributed by atoms with van der Waals surface area (Å²) >= 11 is 0. The van der Waals surface area contributed by atoms with Crippen LogP contribution in [0.4, 0.5) is 5.69 Å². The van der Waals surface area contributed by atoms with Gasteiger partial charge >= 0.3 is 0 Å². The molecule has 0 saturated carbocycles. The van der Waals surface area contributed by atoms with Crippen LogP contribution in [0.3, 0.4) is 0 Å². The molecule has 5 nitrogen and oxygen atoms in total. The fraction of sp³-hybridized carbons (Fsp3) is 0.250. The summed E-state index contributed by atoms with van der Waals surface area (Å²) in [5.74, 6) is -0.166. The van der Waals surface area contributed by atoms with Crippen LogP contribution in [0.25, 0.3) is 0 Å². The van der Waals surface area contributed by atoms with E-state index >= 15 is 0 Å². The van der Waals surface area contributed by atoms with Gasteiger partial charge in [0, 0.05) is 12.7 Å². The standard InChI is InChI=1S/C12H14N4O/c1-3-16-11(7-9(2)15-16)12(17)14-10-5-4-6-13-8-10/h4-8H,3H2,1-2H3,(H,14,17). The molecule has 5 heteroatoms. The van der Waals surface area contributed by atoms with Gasteiger partial charge in [0.05, 0.1) is 17.6 Å². The average molecular weight is 230 g/mol. The Morgan fingerprint density at radius 1 is 1.53 bits per heavy atom. The van der Waals surface area contributed by atoms with E-state index in [0.29, 0.717) is 17.9 Å². The zero-order chi connectivity index (χ0) is 12.3. The molecule has 0 atom stereocenters. The van der Waals surface area contributed by atoms with E-state index in [2.05, 4.69) is 15.4 Å². The minimum Gasteiger partial charge on any atom is -0.319 e. The highest BCUT2D eigenvalue weighted by atomic mass is 16.2. The van der Waals surface area contributed by atoms with Gasteiger partial charge in [-0.2, -0.15) is 5.10 Å². The van der Waals surface area contributed by atoms with Gasteiger partial charge in [-0.1, -0.05) is 0 Å². The monoisotopic (exact) mass is 230 g/mol. The highest BCUT2D eigenvalue weighted by Gasteiger charge is 2.12. The zero-order valence-electron chi connectivity index (χ0n) is 9.84. The van der Waals surface area contributed by atoms with Gasteiger partial charge < -0.3 is 5.32 Å². The van der Waals surface area contributed by atoms with E-state index in [1.807, 2.05) is 13.8 Å². The molecule has 0 fully saturated rings. The van der Waals surface area contributed by atoms with E-state index in [9.17, 15) is 4.79 Å². The first-order valence-corrected chi connectivity index (χ1v) is 5.46. The zero-order valence-corrected chi connectivity index (χ0v) is 9.84. The lowest BCUT2D eigenvalue weighted by Crippen LogP contribution is -2.17. The van der Waals surface area contributed by atoms with E-state index in [4.69, 9.17) is 0 Å². The van der Waals surface area contributed by atoms with E-state index in [1.54, 1.807) is 35.3 Å². The van der Waals surface area contributed by atoms with Crippen LogP contribution in [-0.4, -0.2) is 20.7 Å². The molecule has 1 N–H and O–H groups in total. The number of rotatable bonds is 3. The second-order valence-corrected chi connectivity index (χ2v) is 3.68. The van der Waals surface area contributed by atoms with Crippen LogP contribution in [0.1, 0.15) is 23.1 Å². The van der Waals surface area contributed by atoms with E-state index in [-0.39, 0.29) is 5.91 Å². The summed E-state index contributed by atoms with van der Waals surface area (Å²) in [7, 11) is 0. The molecular formula is C12H14N4O. The Hall–Kier alpha value is -2.17. The maximum atomic E-state index is 12.0. The molecule has 0 unspecified atom stereocenters. The third-order valence-electron chi connectivity index (χ3n) is 2.35.